The molecule has 6 heteroatoms. The van der Waals surface area contributed by atoms with Gasteiger partial charge in [0.1, 0.15) is 0 Å². The molecule has 0 spiro atoms. The number of hydrogen-bond acceptors (Lipinski definition) is 5. The van der Waals surface area contributed by atoms with Crippen molar-refractivity contribution >= 4 is 11.5 Å². The first-order valence-electron chi connectivity index (χ1n) is 6.08. The summed E-state index contributed by atoms with van der Waals surface area (Å²) in [5.41, 5.74) is 0.881. The molecule has 0 bridgehead atoms. The Morgan fingerprint density at radius 2 is 2.39 bits per heavy atom. The molecule has 1 saturated heterocycles. The highest BCUT2D eigenvalue weighted by Gasteiger charge is 2.26. The van der Waals surface area contributed by atoms with Crippen LogP contribution in [0.5, 0.6) is 0 Å². The van der Waals surface area contributed by atoms with Crippen molar-refractivity contribution in [3.8, 4) is 0 Å². The quantitative estimate of drug-likeness (QED) is 0.649. The number of aliphatic hydroxyl groups excluding tert-OH is 1. The predicted molar refractivity (Wildman–Crippen MR) is 67.5 cm³/mol. The van der Waals surface area contributed by atoms with Crippen LogP contribution in [0.2, 0.25) is 0 Å². The molecule has 1 N–H and O–H groups in total. The summed E-state index contributed by atoms with van der Waals surface area (Å²) in [5.74, 6) is 0.633. The molecule has 2 rings (SSSR count). The third-order valence-corrected chi connectivity index (χ3v) is 3.63. The molecule has 1 aromatic rings. The summed E-state index contributed by atoms with van der Waals surface area (Å²) in [4.78, 5) is 16.0. The van der Waals surface area contributed by atoms with Crippen molar-refractivity contribution in [2.45, 2.75) is 13.3 Å². The second-order valence-corrected chi connectivity index (χ2v) is 4.79. The molecular formula is C12H17N3O3. The largest absolute Gasteiger partial charge is 0.396 e. The Balaban J connectivity index is 2.09. The van der Waals surface area contributed by atoms with Gasteiger partial charge in [-0.05, 0) is 28.3 Å². The van der Waals surface area contributed by atoms with Crippen LogP contribution in [0.3, 0.4) is 0 Å². The van der Waals surface area contributed by atoms with Gasteiger partial charge in [-0.15, -0.1) is 0 Å². The highest BCUT2D eigenvalue weighted by molar-refractivity contribution is 5.47. The van der Waals surface area contributed by atoms with Gasteiger partial charge in [0, 0.05) is 31.7 Å². The number of aromatic nitrogens is 1. The number of nitro groups is 1. The summed E-state index contributed by atoms with van der Waals surface area (Å²) in [5, 5.41) is 19.8. The maximum absolute atomic E-state index is 10.5. The van der Waals surface area contributed by atoms with Crippen LogP contribution in [0.15, 0.2) is 18.3 Å². The molecule has 0 radical (unpaired) electrons. The van der Waals surface area contributed by atoms with Crippen molar-refractivity contribution in [2.24, 2.45) is 11.8 Å². The van der Waals surface area contributed by atoms with Crippen molar-refractivity contribution in [2.75, 3.05) is 24.6 Å². The van der Waals surface area contributed by atoms with Crippen LogP contribution >= 0.6 is 0 Å². The Morgan fingerprint density at radius 1 is 1.61 bits per heavy atom. The van der Waals surface area contributed by atoms with E-state index in [9.17, 15) is 15.2 Å². The molecule has 0 amide bonds. The maximum atomic E-state index is 10.5. The second kappa shape index (κ2) is 5.30. The topological polar surface area (TPSA) is 79.5 Å². The minimum atomic E-state index is -0.501. The zero-order valence-corrected chi connectivity index (χ0v) is 10.3. The SMILES string of the molecule is CC1CCN(c2ccc([N+](=O)[O-])nc2)CC1CO. The van der Waals surface area contributed by atoms with E-state index in [0.29, 0.717) is 5.92 Å². The molecule has 1 aliphatic heterocycles. The van der Waals surface area contributed by atoms with Gasteiger partial charge in [0.25, 0.3) is 0 Å². The fourth-order valence-corrected chi connectivity index (χ4v) is 2.29. The minimum absolute atomic E-state index is 0.136. The maximum Gasteiger partial charge on any atom is 0.363 e. The van der Waals surface area contributed by atoms with E-state index in [1.807, 2.05) is 0 Å². The third kappa shape index (κ3) is 2.59. The van der Waals surface area contributed by atoms with Crippen molar-refractivity contribution in [3.63, 3.8) is 0 Å². The smallest absolute Gasteiger partial charge is 0.363 e. The highest BCUT2D eigenvalue weighted by Crippen LogP contribution is 2.27. The molecule has 0 aromatic carbocycles. The number of aliphatic hydroxyl groups is 1. The lowest BCUT2D eigenvalue weighted by Gasteiger charge is -2.37. The molecule has 2 heterocycles. The molecule has 6 nitrogen and oxygen atoms in total. The molecular weight excluding hydrogens is 234 g/mol. The second-order valence-electron chi connectivity index (χ2n) is 4.79. The summed E-state index contributed by atoms with van der Waals surface area (Å²) in [7, 11) is 0. The fraction of sp³-hybridized carbons (Fsp3) is 0.583. The highest BCUT2D eigenvalue weighted by atomic mass is 16.6. The normalized spacial score (nSPS) is 24.0. The van der Waals surface area contributed by atoms with Crippen LogP contribution in [0.1, 0.15) is 13.3 Å². The lowest BCUT2D eigenvalue weighted by Crippen LogP contribution is -2.41. The Bertz CT molecular complexity index is 421. The van der Waals surface area contributed by atoms with Crippen molar-refractivity contribution in [1.82, 2.24) is 4.98 Å². The molecule has 1 fully saturated rings. The van der Waals surface area contributed by atoms with E-state index in [-0.39, 0.29) is 18.3 Å². The monoisotopic (exact) mass is 251 g/mol. The zero-order chi connectivity index (χ0) is 13.1. The Hall–Kier alpha value is -1.69. The van der Waals surface area contributed by atoms with Crippen LogP contribution in [-0.4, -0.2) is 34.7 Å². The van der Waals surface area contributed by atoms with Crippen LogP contribution < -0.4 is 4.90 Å². The molecule has 98 valence electrons. The van der Waals surface area contributed by atoms with Crippen LogP contribution in [-0.2, 0) is 0 Å². The van der Waals surface area contributed by atoms with E-state index in [1.54, 1.807) is 6.07 Å². The first-order chi connectivity index (χ1) is 8.61. The Kier molecular flexibility index (Phi) is 3.76. The molecule has 18 heavy (non-hydrogen) atoms. The van der Waals surface area contributed by atoms with Crippen LogP contribution in [0.4, 0.5) is 11.5 Å². The average molecular weight is 251 g/mol. The number of rotatable bonds is 3. The lowest BCUT2D eigenvalue weighted by molar-refractivity contribution is -0.389. The van der Waals surface area contributed by atoms with Gasteiger partial charge in [0.15, 0.2) is 6.20 Å². The van der Waals surface area contributed by atoms with Gasteiger partial charge in [-0.25, -0.2) is 0 Å². The van der Waals surface area contributed by atoms with E-state index in [0.717, 1.165) is 25.2 Å². The van der Waals surface area contributed by atoms with Gasteiger partial charge in [-0.2, -0.15) is 0 Å². The number of piperidine rings is 1. The average Bonchev–Trinajstić information content (AvgIpc) is 2.39. The Morgan fingerprint density at radius 3 is 2.94 bits per heavy atom. The van der Waals surface area contributed by atoms with E-state index < -0.39 is 4.92 Å². The summed E-state index contributed by atoms with van der Waals surface area (Å²) in [6.07, 6.45) is 2.55. The number of hydrogen-bond donors (Lipinski definition) is 1. The van der Waals surface area contributed by atoms with Gasteiger partial charge >= 0.3 is 5.82 Å². The lowest BCUT2D eigenvalue weighted by atomic mass is 9.87. The number of nitrogens with zero attached hydrogens (tertiary/aromatic N) is 3. The van der Waals surface area contributed by atoms with Gasteiger partial charge in [0.2, 0.25) is 0 Å². The van der Waals surface area contributed by atoms with Crippen molar-refractivity contribution in [3.05, 3.63) is 28.4 Å². The zero-order valence-electron chi connectivity index (χ0n) is 10.3. The van der Waals surface area contributed by atoms with Gasteiger partial charge in [0.05, 0.1) is 5.69 Å². The van der Waals surface area contributed by atoms with Gasteiger partial charge < -0.3 is 20.1 Å². The summed E-state index contributed by atoms with van der Waals surface area (Å²) in [6.45, 7) is 4.00. The van der Waals surface area contributed by atoms with Gasteiger partial charge in [-0.1, -0.05) is 6.92 Å². The summed E-state index contributed by atoms with van der Waals surface area (Å²) in [6, 6.07) is 3.14. The predicted octanol–water partition coefficient (Wildman–Crippen LogP) is 1.44. The van der Waals surface area contributed by atoms with Crippen LogP contribution in [0.25, 0.3) is 0 Å². The molecule has 1 aromatic heterocycles. The standard InChI is InChI=1S/C12H17N3O3/c1-9-4-5-14(7-10(9)8-16)11-2-3-12(13-6-11)15(17)18/h2-3,6,9-10,16H,4-5,7-8H2,1H3. The van der Waals surface area contributed by atoms with E-state index in [1.165, 1.54) is 12.3 Å². The van der Waals surface area contributed by atoms with E-state index >= 15 is 0 Å². The first kappa shape index (κ1) is 12.8. The summed E-state index contributed by atoms with van der Waals surface area (Å²) >= 11 is 0. The van der Waals surface area contributed by atoms with Crippen molar-refractivity contribution < 1.29 is 10.0 Å². The Labute approximate surface area is 105 Å². The minimum Gasteiger partial charge on any atom is -0.396 e. The molecule has 2 unspecified atom stereocenters. The van der Waals surface area contributed by atoms with E-state index in [4.69, 9.17) is 0 Å². The number of pyridine rings is 1. The summed E-state index contributed by atoms with van der Waals surface area (Å²) < 4.78 is 0. The fourth-order valence-electron chi connectivity index (χ4n) is 2.29. The van der Waals surface area contributed by atoms with Crippen LogP contribution in [0, 0.1) is 22.0 Å². The van der Waals surface area contributed by atoms with E-state index in [2.05, 4.69) is 16.8 Å². The third-order valence-electron chi connectivity index (χ3n) is 3.63. The molecule has 1 aliphatic rings. The number of anilines is 1. The molecule has 0 aliphatic carbocycles. The van der Waals surface area contributed by atoms with Gasteiger partial charge in [-0.3, -0.25) is 0 Å². The first-order valence-corrected chi connectivity index (χ1v) is 6.08. The molecule has 0 saturated carbocycles. The molecule has 2 atom stereocenters. The van der Waals surface area contributed by atoms with Crippen molar-refractivity contribution in [1.29, 1.82) is 0 Å².